The van der Waals surface area contributed by atoms with Gasteiger partial charge in [0.1, 0.15) is 17.9 Å². The number of carbonyl (C=O) groups excluding carboxylic acids is 1. The van der Waals surface area contributed by atoms with Crippen molar-refractivity contribution in [1.82, 2.24) is 20.4 Å². The number of nitrogens with one attached hydrogen (secondary N) is 1. The van der Waals surface area contributed by atoms with Crippen LogP contribution in [-0.2, 0) is 24.1 Å². The monoisotopic (exact) mass is 448 g/mol. The fourth-order valence-corrected chi connectivity index (χ4v) is 2.90. The Bertz CT molecular complexity index is 1250. The van der Waals surface area contributed by atoms with Crippen molar-refractivity contribution < 1.29 is 36.4 Å². The summed E-state index contributed by atoms with van der Waals surface area (Å²) in [7, 11) is 1.38. The number of hydrogen-bond acceptors (Lipinski definition) is 8. The zero-order chi connectivity index (χ0) is 22.7. The van der Waals surface area contributed by atoms with E-state index in [9.17, 15) is 18.0 Å². The highest BCUT2D eigenvalue weighted by atomic mass is 19.4. The number of methoxy groups -OCH3 is 1. The van der Waals surface area contributed by atoms with Crippen LogP contribution in [0.5, 0.6) is 5.75 Å². The highest BCUT2D eigenvalue weighted by molar-refractivity contribution is 5.79. The molecule has 12 heteroatoms. The van der Waals surface area contributed by atoms with Gasteiger partial charge in [-0.05, 0) is 12.1 Å². The quantitative estimate of drug-likeness (QED) is 0.464. The van der Waals surface area contributed by atoms with Crippen molar-refractivity contribution in [2.45, 2.75) is 19.3 Å². The maximum absolute atomic E-state index is 12.7. The third-order valence-corrected chi connectivity index (χ3v) is 4.43. The number of rotatable bonds is 6. The first-order chi connectivity index (χ1) is 15.3. The van der Waals surface area contributed by atoms with Crippen LogP contribution in [0.25, 0.3) is 22.4 Å². The summed E-state index contributed by atoms with van der Waals surface area (Å²) < 4.78 is 58.0. The number of amides is 1. The number of hydrogen-bond donors (Lipinski definition) is 1. The molecule has 0 aliphatic carbocycles. The van der Waals surface area contributed by atoms with E-state index in [-0.39, 0.29) is 24.5 Å². The third kappa shape index (κ3) is 4.48. The number of pyridine rings is 1. The van der Waals surface area contributed by atoms with Gasteiger partial charge in [-0.3, -0.25) is 4.98 Å². The molecule has 0 bridgehead atoms. The summed E-state index contributed by atoms with van der Waals surface area (Å²) in [5.41, 5.74) is 2.01. The van der Waals surface area contributed by atoms with E-state index >= 15 is 0 Å². The lowest BCUT2D eigenvalue weighted by Gasteiger charge is -2.11. The minimum Gasteiger partial charge on any atom is -0.496 e. The zero-order valence-electron chi connectivity index (χ0n) is 16.5. The van der Waals surface area contributed by atoms with E-state index in [1.807, 2.05) is 0 Å². The molecule has 4 rings (SSSR count). The van der Waals surface area contributed by atoms with Crippen LogP contribution in [0.1, 0.15) is 17.0 Å². The van der Waals surface area contributed by atoms with E-state index in [1.165, 1.54) is 25.5 Å². The summed E-state index contributed by atoms with van der Waals surface area (Å²) in [5, 5.41) is 6.71. The van der Waals surface area contributed by atoms with E-state index < -0.39 is 18.2 Å². The molecule has 0 saturated heterocycles. The predicted octanol–water partition coefficient (Wildman–Crippen LogP) is 4.33. The standard InChI is InChI=1S/C20H15F3N4O5/c1-29-15-6-11(17-26-18(32-27-17)20(21,22)23)2-3-12(15)9-25-19(28)31-10-14-8-24-7-13-4-5-30-16(13)14/h2-8H,9-10H2,1H3,(H,25,28). The van der Waals surface area contributed by atoms with Gasteiger partial charge in [-0.15, -0.1) is 0 Å². The number of carbonyl (C=O) groups is 1. The summed E-state index contributed by atoms with van der Waals surface area (Å²) in [5.74, 6) is -1.37. The molecule has 0 atom stereocenters. The first kappa shape index (κ1) is 21.2. The summed E-state index contributed by atoms with van der Waals surface area (Å²) in [4.78, 5) is 19.5. The first-order valence-electron chi connectivity index (χ1n) is 9.14. The summed E-state index contributed by atoms with van der Waals surface area (Å²) in [6.07, 6.45) is -0.727. The normalized spacial score (nSPS) is 11.5. The van der Waals surface area contributed by atoms with E-state index in [1.54, 1.807) is 24.5 Å². The molecule has 0 fully saturated rings. The Kier molecular flexibility index (Phi) is 5.67. The molecule has 166 valence electrons. The van der Waals surface area contributed by atoms with Crippen LogP contribution < -0.4 is 10.1 Å². The number of alkyl carbamates (subject to hydrolysis) is 1. The minimum absolute atomic E-state index is 0.0425. The van der Waals surface area contributed by atoms with Crippen LogP contribution in [0.2, 0.25) is 0 Å². The van der Waals surface area contributed by atoms with Crippen molar-refractivity contribution in [1.29, 1.82) is 0 Å². The third-order valence-electron chi connectivity index (χ3n) is 4.43. The number of ether oxygens (including phenoxy) is 2. The summed E-state index contributed by atoms with van der Waals surface area (Å²) in [6.45, 7) is 0.00462. The molecule has 0 aliphatic rings. The molecule has 3 heterocycles. The maximum Gasteiger partial charge on any atom is 0.471 e. The molecular weight excluding hydrogens is 433 g/mol. The number of halogens is 3. The lowest BCUT2D eigenvalue weighted by Crippen LogP contribution is -2.24. The van der Waals surface area contributed by atoms with Gasteiger partial charge in [0.2, 0.25) is 5.82 Å². The first-order valence-corrected chi connectivity index (χ1v) is 9.14. The summed E-state index contributed by atoms with van der Waals surface area (Å²) in [6, 6.07) is 6.24. The number of benzene rings is 1. The average Bonchev–Trinajstić information content (AvgIpc) is 3.46. The largest absolute Gasteiger partial charge is 0.496 e. The number of aromatic nitrogens is 3. The molecule has 0 radical (unpaired) electrons. The smallest absolute Gasteiger partial charge is 0.471 e. The molecule has 1 N–H and O–H groups in total. The molecule has 4 aromatic rings. The van der Waals surface area contributed by atoms with Crippen LogP contribution in [0.15, 0.2) is 51.9 Å². The highest BCUT2D eigenvalue weighted by Crippen LogP contribution is 2.31. The zero-order valence-corrected chi connectivity index (χ0v) is 16.5. The van der Waals surface area contributed by atoms with E-state index in [2.05, 4.69) is 25.0 Å². The number of alkyl halides is 3. The van der Waals surface area contributed by atoms with Gasteiger partial charge < -0.3 is 23.7 Å². The topological polar surface area (TPSA) is 113 Å². The van der Waals surface area contributed by atoms with E-state index in [4.69, 9.17) is 13.9 Å². The van der Waals surface area contributed by atoms with Crippen molar-refractivity contribution in [3.63, 3.8) is 0 Å². The van der Waals surface area contributed by atoms with Crippen LogP contribution in [0.4, 0.5) is 18.0 Å². The predicted molar refractivity (Wildman–Crippen MR) is 102 cm³/mol. The fraction of sp³-hybridized carbons (Fsp3) is 0.200. The van der Waals surface area contributed by atoms with Crippen LogP contribution >= 0.6 is 0 Å². The van der Waals surface area contributed by atoms with Crippen molar-refractivity contribution in [3.05, 3.63) is 59.9 Å². The summed E-state index contributed by atoms with van der Waals surface area (Å²) >= 11 is 0. The van der Waals surface area contributed by atoms with Crippen molar-refractivity contribution >= 4 is 17.1 Å². The lowest BCUT2D eigenvalue weighted by molar-refractivity contribution is -0.159. The van der Waals surface area contributed by atoms with Crippen LogP contribution in [-0.4, -0.2) is 28.3 Å². The van der Waals surface area contributed by atoms with Crippen LogP contribution in [0.3, 0.4) is 0 Å². The Labute approximate surface area is 178 Å². The number of furan rings is 1. The highest BCUT2D eigenvalue weighted by Gasteiger charge is 2.38. The lowest BCUT2D eigenvalue weighted by atomic mass is 10.1. The molecule has 3 aromatic heterocycles. The number of nitrogens with zero attached hydrogens (tertiary/aromatic N) is 3. The van der Waals surface area contributed by atoms with Gasteiger partial charge in [0, 0.05) is 35.5 Å². The Morgan fingerprint density at radius 3 is 2.78 bits per heavy atom. The molecule has 1 amide bonds. The fourth-order valence-electron chi connectivity index (χ4n) is 2.90. The van der Waals surface area contributed by atoms with Gasteiger partial charge in [-0.25, -0.2) is 4.79 Å². The Balaban J connectivity index is 1.39. The van der Waals surface area contributed by atoms with Gasteiger partial charge in [0.25, 0.3) is 0 Å². The molecule has 0 spiro atoms. The molecule has 0 aliphatic heterocycles. The van der Waals surface area contributed by atoms with Gasteiger partial charge in [0.05, 0.1) is 18.9 Å². The average molecular weight is 448 g/mol. The molecule has 1 aromatic carbocycles. The molecule has 9 nitrogen and oxygen atoms in total. The molecule has 32 heavy (non-hydrogen) atoms. The van der Waals surface area contributed by atoms with Crippen molar-refractivity contribution in [3.8, 4) is 17.1 Å². The van der Waals surface area contributed by atoms with E-state index in [0.717, 1.165) is 5.39 Å². The van der Waals surface area contributed by atoms with Crippen molar-refractivity contribution in [2.24, 2.45) is 0 Å². The van der Waals surface area contributed by atoms with Gasteiger partial charge in [-0.1, -0.05) is 17.3 Å². The second-order valence-electron chi connectivity index (χ2n) is 6.51. The van der Waals surface area contributed by atoms with Gasteiger partial charge >= 0.3 is 18.2 Å². The van der Waals surface area contributed by atoms with Gasteiger partial charge in [0.15, 0.2) is 0 Å². The minimum atomic E-state index is -4.74. The Hall–Kier alpha value is -4.09. The van der Waals surface area contributed by atoms with Crippen LogP contribution in [0, 0.1) is 0 Å². The SMILES string of the molecule is COc1cc(-c2noc(C(F)(F)F)n2)ccc1CNC(=O)OCc1cncc2ccoc12. The second kappa shape index (κ2) is 8.57. The molecular formula is C20H15F3N4O5. The van der Waals surface area contributed by atoms with Crippen molar-refractivity contribution in [2.75, 3.05) is 7.11 Å². The Morgan fingerprint density at radius 1 is 1.19 bits per heavy atom. The number of fused-ring (bicyclic) bond motifs is 1. The maximum atomic E-state index is 12.7. The van der Waals surface area contributed by atoms with E-state index in [0.29, 0.717) is 22.5 Å². The van der Waals surface area contributed by atoms with Gasteiger partial charge in [-0.2, -0.15) is 18.2 Å². The Morgan fingerprint density at radius 2 is 2.03 bits per heavy atom. The second-order valence-corrected chi connectivity index (χ2v) is 6.51. The molecule has 0 saturated carbocycles. The molecule has 0 unspecified atom stereocenters.